The molecule has 3 aromatic rings. The van der Waals surface area contributed by atoms with Crippen molar-refractivity contribution in [3.05, 3.63) is 86.5 Å². The highest BCUT2D eigenvalue weighted by Crippen LogP contribution is 2.75. The highest BCUT2D eigenvalue weighted by atomic mass is 31.2. The molecule has 12 nitrogen and oxygen atoms in total. The average Bonchev–Trinajstić information content (AvgIpc) is 0.663. The van der Waals surface area contributed by atoms with E-state index in [1.54, 1.807) is 5.56 Å². The van der Waals surface area contributed by atoms with Crippen LogP contribution in [0.15, 0.2) is 36.4 Å². The van der Waals surface area contributed by atoms with Crippen molar-refractivity contribution < 1.29 is 59.4 Å². The number of hydrogen-bond acceptors (Lipinski definition) is 12. The van der Waals surface area contributed by atoms with E-state index in [9.17, 15) is 15.3 Å². The van der Waals surface area contributed by atoms with Gasteiger partial charge in [0.25, 0.3) is 0 Å². The predicted octanol–water partition coefficient (Wildman–Crippen LogP) is 41.1. The Bertz CT molecular complexity index is 3130. The van der Waals surface area contributed by atoms with Crippen molar-refractivity contribution in [3.63, 3.8) is 0 Å². The molecule has 0 aliphatic heterocycles. The van der Waals surface area contributed by atoms with Crippen molar-refractivity contribution in [1.82, 2.24) is 0 Å². The molecule has 824 valence electrons. The van der Waals surface area contributed by atoms with Gasteiger partial charge in [0, 0.05) is 10.8 Å². The summed E-state index contributed by atoms with van der Waals surface area (Å²) in [5.74, 6) is 1.40. The van der Waals surface area contributed by atoms with Crippen LogP contribution in [0.25, 0.3) is 0 Å². The molecule has 0 aliphatic rings. The Kier molecular flexibility index (Phi) is 84.4. The number of aryl methyl sites for hydroxylation is 3. The molecule has 3 rings (SSSR count). The molecule has 0 bridgehead atoms. The molecule has 3 aromatic carbocycles. The van der Waals surface area contributed by atoms with E-state index < -0.39 is 42.1 Å². The molecule has 0 saturated heterocycles. The number of unbranched alkanes of at least 4 members (excludes halogenated alkanes) is 67. The summed E-state index contributed by atoms with van der Waals surface area (Å²) in [7, 11) is -7.86. The largest absolute Gasteiger partial charge is 0.508 e. The van der Waals surface area contributed by atoms with Gasteiger partial charge in [0.1, 0.15) is 17.2 Å². The van der Waals surface area contributed by atoms with Crippen molar-refractivity contribution in [2.45, 2.75) is 679 Å². The van der Waals surface area contributed by atoms with Crippen LogP contribution in [-0.2, 0) is 27.1 Å². The quantitative estimate of drug-likeness (QED) is 0.0187. The summed E-state index contributed by atoms with van der Waals surface area (Å²) in [4.78, 5) is 65.1. The van der Waals surface area contributed by atoms with Crippen LogP contribution in [0.5, 0.6) is 17.2 Å². The topological polar surface area (TPSA) is 243 Å². The number of hydrogen-bond donors (Lipinski definition) is 12. The standard InChI is InChI=1S/C125H228O3.3H3O3P/c1-20-27-34-41-48-55-61-67-73-80-87-94-122(95-88-81-74-68-62-56-49-42-35-28-21-2,96-89-82-75-69-63-57-50-43-36-29-22-3)125(100-93-86-79-72-66-60-53-46-39-32-25-6,112-106-115(121(17,18)19)118(128)103-109(112)10)123(97-90-83-76-70-64-58-51-44-37-30-23-4,98-91-84-77-71-65-59-52-45-38-31-24-5)124(99-92-85-78-54-47-40-33-26-7,110-104-113(119(11,12)13)116(126)101-107(110)8)111-105-114(120(14,15)16)117(127)102-108(111)9;3*1-4(2)3/h101-106,126-128H,20-100H2,1-19H3;3*1-3H. The van der Waals surface area contributed by atoms with Crippen LogP contribution in [0.2, 0.25) is 0 Å². The second-order valence-electron chi connectivity index (χ2n) is 47.2. The summed E-state index contributed by atoms with van der Waals surface area (Å²) in [6.45, 7) is 45.9. The fourth-order valence-corrected chi connectivity index (χ4v) is 24.6. The maximum Gasteiger partial charge on any atom is 0.324 e. The first-order valence-electron chi connectivity index (χ1n) is 60.1. The first-order chi connectivity index (χ1) is 67.0. The fraction of sp³-hybridized carbons (Fsp3) is 0.856. The van der Waals surface area contributed by atoms with Crippen molar-refractivity contribution >= 4 is 25.8 Å². The lowest BCUT2D eigenvalue weighted by Gasteiger charge is -2.70. The van der Waals surface area contributed by atoms with Crippen molar-refractivity contribution in [2.75, 3.05) is 0 Å². The van der Waals surface area contributed by atoms with E-state index in [-0.39, 0.29) is 21.7 Å². The lowest BCUT2D eigenvalue weighted by atomic mass is 9.33. The Morgan fingerprint density at radius 1 is 0.179 bits per heavy atom. The molecule has 12 N–H and O–H groups in total. The van der Waals surface area contributed by atoms with Crippen LogP contribution in [0.3, 0.4) is 0 Å². The summed E-state index contributed by atoms with van der Waals surface area (Å²) in [5, 5.41) is 39.9. The summed E-state index contributed by atoms with van der Waals surface area (Å²) < 4.78 is 0. The van der Waals surface area contributed by atoms with E-state index >= 15 is 0 Å². The zero-order valence-electron chi connectivity index (χ0n) is 95.9. The summed E-state index contributed by atoms with van der Waals surface area (Å²) in [6, 6.07) is 15.3. The van der Waals surface area contributed by atoms with Gasteiger partial charge < -0.3 is 59.4 Å². The van der Waals surface area contributed by atoms with Crippen LogP contribution in [0.1, 0.15) is 681 Å². The molecule has 0 fully saturated rings. The number of rotatable bonds is 87. The van der Waals surface area contributed by atoms with Gasteiger partial charge in [-0.2, -0.15) is 0 Å². The van der Waals surface area contributed by atoms with Gasteiger partial charge in [-0.1, -0.05) is 604 Å². The fourth-order valence-electron chi connectivity index (χ4n) is 24.6. The third-order valence-electron chi connectivity index (χ3n) is 32.1. The SMILES string of the molecule is CCCCCCCCCCCCCC(CCCCCCCCCCCCC)(CCCCCCCCCCCCC)C(CCCCCCCCCCCCC)(c1cc(C(C)(C)C)c(O)cc1C)C(CCCCCCCCCCCCC)(CCCCCCCCCCCCC)C(CCCCCCCCCC)(c1cc(C(C)(C)C)c(O)cc1C)c1cc(C(C)(C)C)c(O)cc1C.OP(O)O.OP(O)O.OP(O)O. The molecule has 15 heteroatoms. The summed E-state index contributed by atoms with van der Waals surface area (Å²) in [5.41, 5.74) is 9.15. The Labute approximate surface area is 872 Å². The molecular weight excluding hydrogens is 1790 g/mol. The molecule has 0 amide bonds. The Balaban J connectivity index is 0.0000152. The van der Waals surface area contributed by atoms with Gasteiger partial charge in [0.05, 0.1) is 0 Å². The molecule has 0 aliphatic carbocycles. The van der Waals surface area contributed by atoms with Crippen molar-refractivity contribution in [2.24, 2.45) is 10.8 Å². The van der Waals surface area contributed by atoms with Gasteiger partial charge in [-0.15, -0.1) is 0 Å². The molecule has 1 atom stereocenters. The van der Waals surface area contributed by atoms with E-state index in [0.29, 0.717) is 17.2 Å². The Morgan fingerprint density at radius 3 is 0.500 bits per heavy atom. The maximum atomic E-state index is 13.4. The second kappa shape index (κ2) is 85.6. The lowest BCUT2D eigenvalue weighted by molar-refractivity contribution is -0.105. The van der Waals surface area contributed by atoms with E-state index in [0.717, 1.165) is 48.8 Å². The third-order valence-corrected chi connectivity index (χ3v) is 32.1. The van der Waals surface area contributed by atoms with Gasteiger partial charge >= 0.3 is 25.8 Å². The minimum atomic E-state index is -2.62. The van der Waals surface area contributed by atoms with Crippen molar-refractivity contribution in [1.29, 1.82) is 0 Å². The van der Waals surface area contributed by atoms with Crippen LogP contribution >= 0.6 is 25.8 Å². The molecule has 140 heavy (non-hydrogen) atoms. The number of phenols is 3. The van der Waals surface area contributed by atoms with E-state index in [1.807, 2.05) is 0 Å². The molecule has 0 aromatic heterocycles. The minimum absolute atomic E-state index is 0.143. The third kappa shape index (κ3) is 59.6. The average molecular weight is 2030 g/mol. The zero-order chi connectivity index (χ0) is 105. The number of phenolic OH excluding ortho intramolecular Hbond substituents is 3. The van der Waals surface area contributed by atoms with Crippen LogP contribution < -0.4 is 0 Å². The van der Waals surface area contributed by atoms with Crippen molar-refractivity contribution in [3.8, 4) is 17.2 Å². The number of benzene rings is 3. The first kappa shape index (κ1) is 138. The summed E-state index contributed by atoms with van der Waals surface area (Å²) >= 11 is 0. The van der Waals surface area contributed by atoms with Gasteiger partial charge in [-0.05, 0) is 161 Å². The molecule has 0 heterocycles. The summed E-state index contributed by atoms with van der Waals surface area (Å²) in [6.07, 6.45) is 107. The predicted molar refractivity (Wildman–Crippen MR) is 616 cm³/mol. The van der Waals surface area contributed by atoms with E-state index in [2.05, 4.69) is 168 Å². The minimum Gasteiger partial charge on any atom is -0.508 e. The van der Waals surface area contributed by atoms with Gasteiger partial charge in [0.2, 0.25) is 0 Å². The van der Waals surface area contributed by atoms with Crippen LogP contribution in [-0.4, -0.2) is 59.4 Å². The van der Waals surface area contributed by atoms with Crippen LogP contribution in [0, 0.1) is 31.6 Å². The molecular formula is C125H237O12P3. The molecule has 0 spiro atoms. The second-order valence-corrected chi connectivity index (χ2v) is 48.8. The van der Waals surface area contributed by atoms with E-state index in [1.165, 1.54) is 516 Å². The molecule has 1 unspecified atom stereocenters. The van der Waals surface area contributed by atoms with Gasteiger partial charge in [-0.3, -0.25) is 0 Å². The van der Waals surface area contributed by atoms with Gasteiger partial charge in [0.15, 0.2) is 0 Å². The first-order valence-corrected chi connectivity index (χ1v) is 63.7. The monoisotopic (exact) mass is 2020 g/mol. The molecule has 0 radical (unpaired) electrons. The van der Waals surface area contributed by atoms with Gasteiger partial charge in [-0.25, -0.2) is 0 Å². The lowest BCUT2D eigenvalue weighted by Crippen LogP contribution is -2.66. The maximum absolute atomic E-state index is 13.4. The zero-order valence-corrected chi connectivity index (χ0v) is 98.6. The highest BCUT2D eigenvalue weighted by Gasteiger charge is 2.70. The highest BCUT2D eigenvalue weighted by molar-refractivity contribution is 7.38. The number of aromatic hydroxyl groups is 3. The van der Waals surface area contributed by atoms with E-state index in [4.69, 9.17) is 44.0 Å². The normalized spacial score (nSPS) is 12.8. The van der Waals surface area contributed by atoms with Crippen LogP contribution in [0.4, 0.5) is 0 Å². The molecule has 0 saturated carbocycles. The Hall–Kier alpha value is -2.01. The Morgan fingerprint density at radius 2 is 0.321 bits per heavy atom. The smallest absolute Gasteiger partial charge is 0.324 e.